The topological polar surface area (TPSA) is 101 Å². The van der Waals surface area contributed by atoms with Crippen LogP contribution in [0, 0.1) is 37.8 Å². The van der Waals surface area contributed by atoms with E-state index in [1.54, 1.807) is 16.5 Å². The number of nitro groups is 1. The van der Waals surface area contributed by atoms with Crippen molar-refractivity contribution in [2.45, 2.75) is 32.6 Å². The molecule has 1 aliphatic rings. The van der Waals surface area contributed by atoms with E-state index in [2.05, 4.69) is 4.98 Å². The molecule has 0 bridgehead atoms. The molecule has 1 aliphatic heterocycles. The highest BCUT2D eigenvalue weighted by molar-refractivity contribution is 7.89. The van der Waals surface area contributed by atoms with Gasteiger partial charge >= 0.3 is 5.82 Å². The molecule has 0 amide bonds. The number of piperazine rings is 1. The zero-order valence-electron chi connectivity index (χ0n) is 17.2. The average molecular weight is 450 g/mol. The van der Waals surface area contributed by atoms with Crippen molar-refractivity contribution in [1.29, 1.82) is 0 Å². The highest BCUT2D eigenvalue weighted by Gasteiger charge is 2.35. The fraction of sp³-hybridized carbons (Fsp3) is 0.421. The second-order valence-electron chi connectivity index (χ2n) is 7.55. The molecule has 1 saturated heterocycles. The largest absolute Gasteiger partial charge is 0.373 e. The minimum Gasteiger partial charge on any atom is -0.358 e. The molecule has 11 heteroatoms. The predicted octanol–water partition coefficient (Wildman–Crippen LogP) is 3.05. The number of sulfonamides is 1. The SMILES string of the molecule is Cc1cc(C)c(C)c(S(=O)(=O)N2CCN(c3nc4sccn4c3[N+](=O)[O-])CC2)c1C. The number of fused-ring (bicyclic) bond motifs is 1. The Kier molecular flexibility index (Phi) is 5.07. The van der Waals surface area contributed by atoms with E-state index in [1.165, 1.54) is 20.0 Å². The van der Waals surface area contributed by atoms with Gasteiger partial charge in [-0.1, -0.05) is 17.4 Å². The lowest BCUT2D eigenvalue weighted by Gasteiger charge is -2.34. The number of aryl methyl sites for hydroxylation is 2. The van der Waals surface area contributed by atoms with Gasteiger partial charge in [-0.25, -0.2) is 8.42 Å². The molecule has 2 aromatic heterocycles. The first kappa shape index (κ1) is 20.8. The molecule has 9 nitrogen and oxygen atoms in total. The molecule has 0 saturated carbocycles. The molecule has 0 unspecified atom stereocenters. The summed E-state index contributed by atoms with van der Waals surface area (Å²) in [5, 5.41) is 13.3. The average Bonchev–Trinajstić information content (AvgIpc) is 3.27. The summed E-state index contributed by atoms with van der Waals surface area (Å²) < 4.78 is 29.8. The van der Waals surface area contributed by atoms with Crippen LogP contribution in [0.1, 0.15) is 22.3 Å². The second kappa shape index (κ2) is 7.33. The first-order chi connectivity index (χ1) is 14.1. The van der Waals surface area contributed by atoms with Gasteiger partial charge in [0.1, 0.15) is 6.20 Å². The number of hydrogen-bond donors (Lipinski definition) is 0. The minimum atomic E-state index is -3.67. The van der Waals surface area contributed by atoms with Crippen LogP contribution in [-0.4, -0.2) is 53.2 Å². The van der Waals surface area contributed by atoms with Gasteiger partial charge in [0.05, 0.1) is 4.90 Å². The maximum atomic E-state index is 13.4. The molecule has 4 rings (SSSR count). The molecule has 0 spiro atoms. The fourth-order valence-corrected chi connectivity index (χ4v) is 6.68. The van der Waals surface area contributed by atoms with Crippen LogP contribution in [0.4, 0.5) is 11.6 Å². The van der Waals surface area contributed by atoms with Crippen molar-refractivity contribution in [2.75, 3.05) is 31.1 Å². The monoisotopic (exact) mass is 449 g/mol. The lowest BCUT2D eigenvalue weighted by molar-refractivity contribution is -0.389. The van der Waals surface area contributed by atoms with E-state index in [0.717, 1.165) is 22.3 Å². The number of aromatic nitrogens is 2. The Balaban J connectivity index is 1.62. The van der Waals surface area contributed by atoms with Crippen LogP contribution in [0.15, 0.2) is 22.5 Å². The highest BCUT2D eigenvalue weighted by atomic mass is 32.2. The van der Waals surface area contributed by atoms with Crippen LogP contribution in [0.25, 0.3) is 4.96 Å². The predicted molar refractivity (Wildman–Crippen MR) is 116 cm³/mol. The molecular formula is C19H23N5O4S2. The van der Waals surface area contributed by atoms with E-state index in [1.807, 2.05) is 33.8 Å². The maximum Gasteiger partial charge on any atom is 0.373 e. The summed E-state index contributed by atoms with van der Waals surface area (Å²) in [6.45, 7) is 8.69. The standard InChI is InChI=1S/C19H23N5O4S2/c1-12-11-13(2)15(4)16(14(12)3)30(27,28)22-7-5-21(6-8-22)17-18(24(25)26)23-9-10-29-19(23)20-17/h9-11H,5-8H2,1-4H3. The number of thiazole rings is 1. The maximum absolute atomic E-state index is 13.4. The van der Waals surface area contributed by atoms with Gasteiger partial charge in [-0.05, 0) is 54.9 Å². The quantitative estimate of drug-likeness (QED) is 0.448. The summed E-state index contributed by atoms with van der Waals surface area (Å²) in [6.07, 6.45) is 1.63. The van der Waals surface area contributed by atoms with Gasteiger partial charge < -0.3 is 15.0 Å². The lowest BCUT2D eigenvalue weighted by atomic mass is 10.0. The molecule has 160 valence electrons. The third kappa shape index (κ3) is 3.17. The van der Waals surface area contributed by atoms with Gasteiger partial charge in [-0.3, -0.25) is 0 Å². The smallest absolute Gasteiger partial charge is 0.358 e. The van der Waals surface area contributed by atoms with Crippen LogP contribution in [-0.2, 0) is 10.0 Å². The van der Waals surface area contributed by atoms with Crippen LogP contribution in [0.2, 0.25) is 0 Å². The van der Waals surface area contributed by atoms with Gasteiger partial charge in [-0.2, -0.15) is 13.7 Å². The van der Waals surface area contributed by atoms with Crippen molar-refractivity contribution in [2.24, 2.45) is 0 Å². The normalized spacial score (nSPS) is 15.8. The second-order valence-corrected chi connectivity index (χ2v) is 10.3. The van der Waals surface area contributed by atoms with Crippen LogP contribution >= 0.6 is 11.3 Å². The number of imidazole rings is 1. The van der Waals surface area contributed by atoms with E-state index in [9.17, 15) is 18.5 Å². The van der Waals surface area contributed by atoms with E-state index in [-0.39, 0.29) is 18.9 Å². The molecule has 1 fully saturated rings. The van der Waals surface area contributed by atoms with Crippen molar-refractivity contribution in [1.82, 2.24) is 13.7 Å². The van der Waals surface area contributed by atoms with Gasteiger partial charge in [0.15, 0.2) is 0 Å². The van der Waals surface area contributed by atoms with Crippen LogP contribution in [0.5, 0.6) is 0 Å². The van der Waals surface area contributed by atoms with E-state index in [0.29, 0.717) is 28.8 Å². The molecular weight excluding hydrogens is 426 g/mol. The number of hydrogen-bond acceptors (Lipinski definition) is 7. The third-order valence-electron chi connectivity index (χ3n) is 5.83. The molecule has 30 heavy (non-hydrogen) atoms. The van der Waals surface area contributed by atoms with Crippen LogP contribution < -0.4 is 4.90 Å². The third-order valence-corrected chi connectivity index (χ3v) is 8.76. The lowest BCUT2D eigenvalue weighted by Crippen LogP contribution is -2.49. The summed E-state index contributed by atoms with van der Waals surface area (Å²) in [7, 11) is -3.67. The zero-order valence-corrected chi connectivity index (χ0v) is 18.9. The Morgan fingerprint density at radius 1 is 1.07 bits per heavy atom. The minimum absolute atomic E-state index is 0.0800. The molecule has 3 heterocycles. The summed E-state index contributed by atoms with van der Waals surface area (Å²) >= 11 is 1.33. The van der Waals surface area contributed by atoms with Gasteiger partial charge in [-0.15, -0.1) is 0 Å². The summed E-state index contributed by atoms with van der Waals surface area (Å²) in [6, 6.07) is 2.01. The fourth-order valence-electron chi connectivity index (χ4n) is 3.98. The van der Waals surface area contributed by atoms with E-state index >= 15 is 0 Å². The first-order valence-corrected chi connectivity index (χ1v) is 11.9. The number of benzene rings is 1. The van der Waals surface area contributed by atoms with E-state index in [4.69, 9.17) is 0 Å². The molecule has 0 radical (unpaired) electrons. The Labute approximate surface area is 178 Å². The van der Waals surface area contributed by atoms with Crippen molar-refractivity contribution < 1.29 is 13.3 Å². The van der Waals surface area contributed by atoms with Gasteiger partial charge in [0.2, 0.25) is 15.8 Å². The first-order valence-electron chi connectivity index (χ1n) is 9.55. The molecule has 0 atom stereocenters. The van der Waals surface area contributed by atoms with Gasteiger partial charge in [0.25, 0.3) is 4.96 Å². The number of anilines is 1. The van der Waals surface area contributed by atoms with Crippen molar-refractivity contribution in [3.05, 3.63) is 50.0 Å². The summed E-state index contributed by atoms with van der Waals surface area (Å²) in [5.41, 5.74) is 3.43. The molecule has 0 aliphatic carbocycles. The van der Waals surface area contributed by atoms with Crippen molar-refractivity contribution in [3.63, 3.8) is 0 Å². The molecule has 0 N–H and O–H groups in total. The van der Waals surface area contributed by atoms with Crippen molar-refractivity contribution >= 4 is 38.0 Å². The summed E-state index contributed by atoms with van der Waals surface area (Å²) in [4.78, 5) is 18.3. The summed E-state index contributed by atoms with van der Waals surface area (Å²) in [5.74, 6) is 0.214. The number of nitrogens with zero attached hydrogens (tertiary/aromatic N) is 5. The highest BCUT2D eigenvalue weighted by Crippen LogP contribution is 2.33. The number of rotatable bonds is 4. The Morgan fingerprint density at radius 2 is 1.67 bits per heavy atom. The molecule has 1 aromatic carbocycles. The Morgan fingerprint density at radius 3 is 2.23 bits per heavy atom. The Hall–Kier alpha value is -2.50. The van der Waals surface area contributed by atoms with Crippen LogP contribution in [0.3, 0.4) is 0 Å². The zero-order chi connectivity index (χ0) is 21.8. The Bertz CT molecular complexity index is 1230. The molecule has 3 aromatic rings. The van der Waals surface area contributed by atoms with Crippen molar-refractivity contribution in [3.8, 4) is 0 Å². The van der Waals surface area contributed by atoms with E-state index < -0.39 is 14.9 Å². The van der Waals surface area contributed by atoms with Gasteiger partial charge in [0, 0.05) is 31.6 Å².